The van der Waals surface area contributed by atoms with E-state index >= 15 is 0 Å². The van der Waals surface area contributed by atoms with Crippen LogP contribution < -0.4 is 10.3 Å². The standard InChI is InChI=1S/C22H30N4O3S/c1-5-25(6-2)20-14-12-18(13-15-20)17-23-24-22(27)19-10-9-11-21(16-19)30(28,29)26(7-3)8-4/h9-17H,5-8H2,1-4H3,(H,24,27)/b23-17-. The van der Waals surface area contributed by atoms with Crippen molar-refractivity contribution < 1.29 is 13.2 Å². The van der Waals surface area contributed by atoms with Crippen molar-refractivity contribution >= 4 is 27.8 Å². The van der Waals surface area contributed by atoms with E-state index in [2.05, 4.69) is 29.3 Å². The van der Waals surface area contributed by atoms with Gasteiger partial charge < -0.3 is 4.90 Å². The zero-order valence-corrected chi connectivity index (χ0v) is 18.8. The Bertz CT molecular complexity index is 964. The van der Waals surface area contributed by atoms with Crippen molar-refractivity contribution in [2.45, 2.75) is 32.6 Å². The highest BCUT2D eigenvalue weighted by atomic mass is 32.2. The molecule has 7 nitrogen and oxygen atoms in total. The number of carbonyl (C=O) groups is 1. The molecule has 2 rings (SSSR count). The summed E-state index contributed by atoms with van der Waals surface area (Å²) in [7, 11) is -3.63. The Balaban J connectivity index is 2.08. The number of sulfonamides is 1. The number of hydrogen-bond acceptors (Lipinski definition) is 5. The topological polar surface area (TPSA) is 82.1 Å². The summed E-state index contributed by atoms with van der Waals surface area (Å²) < 4.78 is 26.6. The molecule has 0 spiro atoms. The maximum absolute atomic E-state index is 12.6. The summed E-state index contributed by atoms with van der Waals surface area (Å²) in [5.41, 5.74) is 4.67. The van der Waals surface area contributed by atoms with Gasteiger partial charge in [-0.1, -0.05) is 32.0 Å². The Labute approximate surface area is 179 Å². The van der Waals surface area contributed by atoms with Crippen LogP contribution in [0.5, 0.6) is 0 Å². The van der Waals surface area contributed by atoms with Crippen molar-refractivity contribution in [3.8, 4) is 0 Å². The minimum Gasteiger partial charge on any atom is -0.372 e. The van der Waals surface area contributed by atoms with Crippen LogP contribution in [-0.2, 0) is 10.0 Å². The van der Waals surface area contributed by atoms with Gasteiger partial charge in [-0.2, -0.15) is 9.41 Å². The maximum Gasteiger partial charge on any atom is 0.271 e. The van der Waals surface area contributed by atoms with E-state index in [1.165, 1.54) is 16.4 Å². The molecular formula is C22H30N4O3S. The van der Waals surface area contributed by atoms with Crippen molar-refractivity contribution in [2.75, 3.05) is 31.1 Å². The molecule has 0 radical (unpaired) electrons. The molecule has 0 atom stereocenters. The number of benzene rings is 2. The van der Waals surface area contributed by atoms with Gasteiger partial charge in [0, 0.05) is 37.4 Å². The number of rotatable bonds is 10. The van der Waals surface area contributed by atoms with Crippen LogP contribution in [0.25, 0.3) is 0 Å². The molecule has 8 heteroatoms. The molecule has 0 saturated heterocycles. The number of nitrogens with one attached hydrogen (secondary N) is 1. The van der Waals surface area contributed by atoms with Gasteiger partial charge in [-0.25, -0.2) is 13.8 Å². The Hall–Kier alpha value is -2.71. The molecule has 0 aliphatic heterocycles. The van der Waals surface area contributed by atoms with E-state index in [1.807, 2.05) is 24.3 Å². The van der Waals surface area contributed by atoms with Crippen molar-refractivity contribution in [2.24, 2.45) is 5.10 Å². The maximum atomic E-state index is 12.6. The quantitative estimate of drug-likeness (QED) is 0.463. The van der Waals surface area contributed by atoms with Gasteiger partial charge >= 0.3 is 0 Å². The number of nitrogens with zero attached hydrogens (tertiary/aromatic N) is 3. The zero-order chi connectivity index (χ0) is 22.1. The average Bonchev–Trinajstić information content (AvgIpc) is 2.76. The molecule has 2 aromatic carbocycles. The third-order valence-corrected chi connectivity index (χ3v) is 6.89. The van der Waals surface area contributed by atoms with Gasteiger partial charge in [0.15, 0.2) is 0 Å². The van der Waals surface area contributed by atoms with E-state index in [1.54, 1.807) is 32.2 Å². The van der Waals surface area contributed by atoms with Crippen LogP contribution in [0.4, 0.5) is 5.69 Å². The van der Waals surface area contributed by atoms with Crippen LogP contribution in [0.2, 0.25) is 0 Å². The second-order valence-corrected chi connectivity index (χ2v) is 8.52. The molecule has 0 bridgehead atoms. The average molecular weight is 431 g/mol. The van der Waals surface area contributed by atoms with Crippen molar-refractivity contribution in [1.82, 2.24) is 9.73 Å². The largest absolute Gasteiger partial charge is 0.372 e. The van der Waals surface area contributed by atoms with Crippen molar-refractivity contribution in [3.05, 3.63) is 59.7 Å². The van der Waals surface area contributed by atoms with Crippen LogP contribution in [0.3, 0.4) is 0 Å². The van der Waals surface area contributed by atoms with Gasteiger partial charge in [0.2, 0.25) is 10.0 Å². The number of anilines is 1. The van der Waals surface area contributed by atoms with E-state index in [-0.39, 0.29) is 10.5 Å². The summed E-state index contributed by atoms with van der Waals surface area (Å²) in [5.74, 6) is -0.470. The summed E-state index contributed by atoms with van der Waals surface area (Å²) in [5, 5.41) is 3.99. The number of amides is 1. The Morgan fingerprint density at radius 3 is 2.17 bits per heavy atom. The second kappa shape index (κ2) is 10.9. The van der Waals surface area contributed by atoms with Crippen LogP contribution >= 0.6 is 0 Å². The minimum atomic E-state index is -3.63. The fourth-order valence-electron chi connectivity index (χ4n) is 3.10. The Morgan fingerprint density at radius 1 is 0.967 bits per heavy atom. The molecule has 0 unspecified atom stereocenters. The van der Waals surface area contributed by atoms with E-state index in [9.17, 15) is 13.2 Å². The molecule has 0 aliphatic rings. The molecule has 1 N–H and O–H groups in total. The molecule has 30 heavy (non-hydrogen) atoms. The van der Waals surface area contributed by atoms with Gasteiger partial charge in [-0.05, 0) is 49.7 Å². The highest BCUT2D eigenvalue weighted by Crippen LogP contribution is 2.17. The number of hydrogen-bond donors (Lipinski definition) is 1. The van der Waals surface area contributed by atoms with Gasteiger partial charge in [0.25, 0.3) is 5.91 Å². The lowest BCUT2D eigenvalue weighted by atomic mass is 10.2. The zero-order valence-electron chi connectivity index (χ0n) is 18.0. The van der Waals surface area contributed by atoms with Crippen LogP contribution in [0.1, 0.15) is 43.6 Å². The first kappa shape index (κ1) is 23.6. The van der Waals surface area contributed by atoms with Gasteiger partial charge in [-0.15, -0.1) is 0 Å². The number of carbonyl (C=O) groups excluding carboxylic acids is 1. The van der Waals surface area contributed by atoms with E-state index in [4.69, 9.17) is 0 Å². The Kier molecular flexibility index (Phi) is 8.56. The lowest BCUT2D eigenvalue weighted by molar-refractivity contribution is 0.0955. The fraction of sp³-hybridized carbons (Fsp3) is 0.364. The molecular weight excluding hydrogens is 400 g/mol. The van der Waals surface area contributed by atoms with E-state index in [0.717, 1.165) is 24.3 Å². The van der Waals surface area contributed by atoms with Crippen LogP contribution in [-0.4, -0.2) is 51.0 Å². The first-order chi connectivity index (χ1) is 14.4. The van der Waals surface area contributed by atoms with E-state index in [0.29, 0.717) is 13.1 Å². The minimum absolute atomic E-state index is 0.0924. The predicted octanol–water partition coefficient (Wildman–Crippen LogP) is 3.33. The first-order valence-electron chi connectivity index (χ1n) is 10.2. The summed E-state index contributed by atoms with van der Waals surface area (Å²) >= 11 is 0. The smallest absolute Gasteiger partial charge is 0.271 e. The van der Waals surface area contributed by atoms with Crippen LogP contribution in [0, 0.1) is 0 Å². The molecule has 0 heterocycles. The lowest BCUT2D eigenvalue weighted by Crippen LogP contribution is -2.30. The van der Waals surface area contributed by atoms with Gasteiger partial charge in [0.05, 0.1) is 11.1 Å². The van der Waals surface area contributed by atoms with Gasteiger partial charge in [-0.3, -0.25) is 4.79 Å². The molecule has 0 fully saturated rings. The molecule has 0 aliphatic carbocycles. The van der Waals surface area contributed by atoms with Crippen LogP contribution in [0.15, 0.2) is 58.5 Å². The summed E-state index contributed by atoms with van der Waals surface area (Å²) in [6.07, 6.45) is 1.56. The van der Waals surface area contributed by atoms with Crippen molar-refractivity contribution in [3.63, 3.8) is 0 Å². The summed E-state index contributed by atoms with van der Waals surface area (Å²) in [4.78, 5) is 14.7. The van der Waals surface area contributed by atoms with Crippen molar-refractivity contribution in [1.29, 1.82) is 0 Å². The Morgan fingerprint density at radius 2 is 1.60 bits per heavy atom. The normalized spacial score (nSPS) is 11.8. The molecule has 162 valence electrons. The SMILES string of the molecule is CCN(CC)c1ccc(/C=N\NC(=O)c2cccc(S(=O)(=O)N(CC)CC)c2)cc1. The molecule has 2 aromatic rings. The second-order valence-electron chi connectivity index (χ2n) is 6.58. The predicted molar refractivity (Wildman–Crippen MR) is 122 cm³/mol. The summed E-state index contributed by atoms with van der Waals surface area (Å²) in [6.45, 7) is 10.4. The van der Waals surface area contributed by atoms with Gasteiger partial charge in [0.1, 0.15) is 0 Å². The molecule has 0 aromatic heterocycles. The summed E-state index contributed by atoms with van der Waals surface area (Å²) in [6, 6.07) is 13.9. The highest BCUT2D eigenvalue weighted by Gasteiger charge is 2.22. The third kappa shape index (κ3) is 5.67. The molecule has 0 saturated carbocycles. The first-order valence-corrected chi connectivity index (χ1v) is 11.6. The molecule has 1 amide bonds. The lowest BCUT2D eigenvalue weighted by Gasteiger charge is -2.20. The monoisotopic (exact) mass is 430 g/mol. The number of hydrazone groups is 1. The third-order valence-electron chi connectivity index (χ3n) is 4.84. The highest BCUT2D eigenvalue weighted by molar-refractivity contribution is 7.89. The van der Waals surface area contributed by atoms with E-state index < -0.39 is 15.9 Å². The fourth-order valence-corrected chi connectivity index (χ4v) is 4.60.